The van der Waals surface area contributed by atoms with Gasteiger partial charge in [-0.05, 0) is 44.5 Å². The Morgan fingerprint density at radius 2 is 1.90 bits per heavy atom. The molecule has 1 aromatic carbocycles. The molecule has 0 aliphatic heterocycles. The molecule has 0 bridgehead atoms. The van der Waals surface area contributed by atoms with Gasteiger partial charge in [-0.3, -0.25) is 0 Å². The van der Waals surface area contributed by atoms with E-state index in [1.807, 2.05) is 6.92 Å². The van der Waals surface area contributed by atoms with Crippen LogP contribution in [0.3, 0.4) is 0 Å². The van der Waals surface area contributed by atoms with E-state index in [9.17, 15) is 8.42 Å². The Morgan fingerprint density at radius 3 is 2.35 bits per heavy atom. The minimum absolute atomic E-state index is 0.387. The summed E-state index contributed by atoms with van der Waals surface area (Å²) in [5.41, 5.74) is 0.750. The van der Waals surface area contributed by atoms with Gasteiger partial charge in [-0.2, -0.15) is 0 Å². The first-order chi connectivity index (χ1) is 9.11. The van der Waals surface area contributed by atoms with Gasteiger partial charge in [0.15, 0.2) is 9.84 Å². The van der Waals surface area contributed by atoms with Crippen LogP contribution in [0.2, 0.25) is 10.0 Å². The zero-order valence-electron chi connectivity index (χ0n) is 12.2. The molecule has 0 saturated heterocycles. The normalized spacial score (nSPS) is 14.3. The van der Waals surface area contributed by atoms with Crippen LogP contribution in [0.1, 0.15) is 38.8 Å². The molecule has 0 heterocycles. The van der Waals surface area contributed by atoms with Gasteiger partial charge in [-0.25, -0.2) is 8.42 Å². The molecule has 114 valence electrons. The molecule has 6 heteroatoms. The Balaban J connectivity index is 3.32. The van der Waals surface area contributed by atoms with E-state index in [0.717, 1.165) is 12.0 Å². The van der Waals surface area contributed by atoms with Crippen LogP contribution in [0.4, 0.5) is 0 Å². The van der Waals surface area contributed by atoms with Crippen molar-refractivity contribution in [3.8, 4) is 0 Å². The summed E-state index contributed by atoms with van der Waals surface area (Å²) in [6.07, 6.45) is 2.15. The van der Waals surface area contributed by atoms with Crippen LogP contribution in [0.5, 0.6) is 0 Å². The maximum atomic E-state index is 12.1. The standard InChI is InChI=1S/C14H21Cl2NO2S/c1-5-8-17-13(14(2,3)20(4,18)19)11-7-6-10(15)9-12(11)16/h6-7,9,13,17H,5,8H2,1-4H3. The van der Waals surface area contributed by atoms with Crippen molar-refractivity contribution in [3.63, 3.8) is 0 Å². The summed E-state index contributed by atoms with van der Waals surface area (Å²) in [6, 6.07) is 4.76. The number of hydrogen-bond acceptors (Lipinski definition) is 3. The molecular weight excluding hydrogens is 317 g/mol. The first-order valence-corrected chi connectivity index (χ1v) is 9.14. The summed E-state index contributed by atoms with van der Waals surface area (Å²) in [4.78, 5) is 0. The lowest BCUT2D eigenvalue weighted by Gasteiger charge is -2.34. The van der Waals surface area contributed by atoms with E-state index in [4.69, 9.17) is 23.2 Å². The van der Waals surface area contributed by atoms with Crippen molar-refractivity contribution in [1.82, 2.24) is 5.32 Å². The van der Waals surface area contributed by atoms with Crippen molar-refractivity contribution < 1.29 is 8.42 Å². The third kappa shape index (κ3) is 3.88. The summed E-state index contributed by atoms with van der Waals surface area (Å²) < 4.78 is 23.2. The van der Waals surface area contributed by atoms with E-state index in [-0.39, 0.29) is 6.04 Å². The average molecular weight is 338 g/mol. The molecule has 1 aromatic rings. The van der Waals surface area contributed by atoms with E-state index >= 15 is 0 Å². The smallest absolute Gasteiger partial charge is 0.154 e. The molecule has 0 aromatic heterocycles. The zero-order chi connectivity index (χ0) is 15.6. The number of benzene rings is 1. The lowest BCUT2D eigenvalue weighted by molar-refractivity contribution is 0.420. The van der Waals surface area contributed by atoms with Crippen LogP contribution in [-0.2, 0) is 9.84 Å². The van der Waals surface area contributed by atoms with Gasteiger partial charge in [0.05, 0.1) is 10.8 Å². The molecule has 20 heavy (non-hydrogen) atoms. The number of sulfone groups is 1. The molecule has 0 radical (unpaired) electrons. The van der Waals surface area contributed by atoms with Gasteiger partial charge >= 0.3 is 0 Å². The molecule has 1 atom stereocenters. The lowest BCUT2D eigenvalue weighted by Crippen LogP contribution is -2.45. The van der Waals surface area contributed by atoms with Crippen LogP contribution in [0.25, 0.3) is 0 Å². The predicted octanol–water partition coefficient (Wildman–Crippen LogP) is 3.86. The van der Waals surface area contributed by atoms with E-state index in [2.05, 4.69) is 5.32 Å². The Bertz CT molecular complexity index is 571. The van der Waals surface area contributed by atoms with Gasteiger partial charge in [-0.1, -0.05) is 36.2 Å². The topological polar surface area (TPSA) is 46.2 Å². The van der Waals surface area contributed by atoms with Crippen molar-refractivity contribution in [2.45, 2.75) is 38.0 Å². The van der Waals surface area contributed by atoms with Crippen LogP contribution in [0.15, 0.2) is 18.2 Å². The summed E-state index contributed by atoms with van der Waals surface area (Å²) in [6.45, 7) is 6.16. The van der Waals surface area contributed by atoms with E-state index in [1.165, 1.54) is 6.26 Å². The first-order valence-electron chi connectivity index (χ1n) is 6.49. The highest BCUT2D eigenvalue weighted by Crippen LogP contribution is 2.36. The second kappa shape index (κ2) is 6.65. The SMILES string of the molecule is CCCNC(c1ccc(Cl)cc1Cl)C(C)(C)S(C)(=O)=O. The summed E-state index contributed by atoms with van der Waals surface area (Å²) in [7, 11) is -3.26. The molecule has 1 rings (SSSR count). The van der Waals surface area contributed by atoms with Crippen molar-refractivity contribution in [1.29, 1.82) is 0 Å². The molecule has 0 aliphatic rings. The van der Waals surface area contributed by atoms with Crippen molar-refractivity contribution in [2.75, 3.05) is 12.8 Å². The average Bonchev–Trinajstić information content (AvgIpc) is 2.30. The second-order valence-corrected chi connectivity index (χ2v) is 8.87. The van der Waals surface area contributed by atoms with Gasteiger partial charge in [0, 0.05) is 16.3 Å². The van der Waals surface area contributed by atoms with Crippen LogP contribution in [0, 0.1) is 0 Å². The van der Waals surface area contributed by atoms with Gasteiger partial charge in [-0.15, -0.1) is 0 Å². The number of nitrogens with one attached hydrogen (secondary N) is 1. The minimum Gasteiger partial charge on any atom is -0.309 e. The molecule has 3 nitrogen and oxygen atoms in total. The third-order valence-corrected chi connectivity index (χ3v) is 6.23. The largest absolute Gasteiger partial charge is 0.309 e. The minimum atomic E-state index is -3.26. The van der Waals surface area contributed by atoms with Crippen LogP contribution < -0.4 is 5.32 Å². The highest BCUT2D eigenvalue weighted by atomic mass is 35.5. The monoisotopic (exact) mass is 337 g/mol. The molecule has 0 amide bonds. The maximum Gasteiger partial charge on any atom is 0.154 e. The zero-order valence-corrected chi connectivity index (χ0v) is 14.5. The molecule has 0 fully saturated rings. The molecule has 1 N–H and O–H groups in total. The Labute approximate surface area is 131 Å². The fourth-order valence-electron chi connectivity index (χ4n) is 1.97. The number of hydrogen-bond donors (Lipinski definition) is 1. The van der Waals surface area contributed by atoms with Crippen molar-refractivity contribution in [3.05, 3.63) is 33.8 Å². The van der Waals surface area contributed by atoms with E-state index in [0.29, 0.717) is 16.6 Å². The van der Waals surface area contributed by atoms with E-state index < -0.39 is 14.6 Å². The summed E-state index contributed by atoms with van der Waals surface area (Å²) in [5, 5.41) is 4.29. The Kier molecular flexibility index (Phi) is 5.90. The van der Waals surface area contributed by atoms with Gasteiger partial charge in [0.25, 0.3) is 0 Å². The predicted molar refractivity (Wildman–Crippen MR) is 86.4 cm³/mol. The number of rotatable bonds is 6. The maximum absolute atomic E-state index is 12.1. The molecular formula is C14H21Cl2NO2S. The van der Waals surface area contributed by atoms with Crippen LogP contribution >= 0.6 is 23.2 Å². The lowest BCUT2D eigenvalue weighted by atomic mass is 9.95. The number of halogens is 2. The molecule has 0 aliphatic carbocycles. The highest BCUT2D eigenvalue weighted by Gasteiger charge is 2.40. The second-order valence-electron chi connectivity index (χ2n) is 5.43. The van der Waals surface area contributed by atoms with Crippen molar-refractivity contribution in [2.24, 2.45) is 0 Å². The first kappa shape index (κ1) is 17.8. The molecule has 1 unspecified atom stereocenters. The van der Waals surface area contributed by atoms with Gasteiger partial charge in [0.1, 0.15) is 0 Å². The van der Waals surface area contributed by atoms with Crippen molar-refractivity contribution >= 4 is 33.0 Å². The quantitative estimate of drug-likeness (QED) is 0.857. The highest BCUT2D eigenvalue weighted by molar-refractivity contribution is 7.92. The molecule has 0 spiro atoms. The molecule has 0 saturated carbocycles. The fraction of sp³-hybridized carbons (Fsp3) is 0.571. The van der Waals surface area contributed by atoms with Gasteiger partial charge < -0.3 is 5.32 Å². The van der Waals surface area contributed by atoms with E-state index in [1.54, 1.807) is 32.0 Å². The third-order valence-electron chi connectivity index (χ3n) is 3.52. The van der Waals surface area contributed by atoms with Crippen LogP contribution in [-0.4, -0.2) is 26.0 Å². The summed E-state index contributed by atoms with van der Waals surface area (Å²) >= 11 is 12.1. The Morgan fingerprint density at radius 1 is 1.30 bits per heavy atom. The van der Waals surface area contributed by atoms with Gasteiger partial charge in [0.2, 0.25) is 0 Å². The summed E-state index contributed by atoms with van der Waals surface area (Å²) in [5.74, 6) is 0. The fourth-order valence-corrected chi connectivity index (χ4v) is 3.12. The Hall–Kier alpha value is -0.290.